The van der Waals surface area contributed by atoms with Crippen molar-refractivity contribution >= 4 is 23.6 Å². The molecule has 1 rings (SSSR count). The lowest BCUT2D eigenvalue weighted by molar-refractivity contribution is -0.131. The molecule has 0 saturated heterocycles. The maximum absolute atomic E-state index is 12.3. The molecule has 0 aliphatic heterocycles. The Morgan fingerprint density at radius 3 is 2.39 bits per heavy atom. The average molecular weight is 414 g/mol. The van der Waals surface area contributed by atoms with Crippen molar-refractivity contribution in [3.8, 4) is 11.5 Å². The summed E-state index contributed by atoms with van der Waals surface area (Å²) in [4.78, 5) is 24.3. The van der Waals surface area contributed by atoms with Gasteiger partial charge >= 0.3 is 0 Å². The van der Waals surface area contributed by atoms with Crippen LogP contribution in [0.25, 0.3) is 0 Å². The fourth-order valence-electron chi connectivity index (χ4n) is 2.25. The van der Waals surface area contributed by atoms with E-state index in [1.807, 2.05) is 13.8 Å². The summed E-state index contributed by atoms with van der Waals surface area (Å²) in [7, 11) is 0. The van der Waals surface area contributed by atoms with E-state index in [2.05, 4.69) is 24.7 Å². The van der Waals surface area contributed by atoms with Crippen LogP contribution in [0, 0.1) is 0 Å². The molecule has 0 spiro atoms. The van der Waals surface area contributed by atoms with Gasteiger partial charge in [-0.15, -0.1) is 0 Å². The van der Waals surface area contributed by atoms with Crippen molar-refractivity contribution in [3.05, 3.63) is 23.8 Å². The smallest absolute Gasteiger partial charge is 0.269 e. The van der Waals surface area contributed by atoms with Crippen LogP contribution in [0.1, 0.15) is 44.5 Å². The largest absolute Gasteiger partial charge is 0.490 e. The first-order valence-corrected chi connectivity index (χ1v) is 10.4. The van der Waals surface area contributed by atoms with E-state index in [0.717, 1.165) is 5.75 Å². The Morgan fingerprint density at radius 2 is 1.79 bits per heavy atom. The van der Waals surface area contributed by atoms with Gasteiger partial charge in [-0.1, -0.05) is 13.8 Å². The first-order valence-electron chi connectivity index (χ1n) is 9.35. The lowest BCUT2D eigenvalue weighted by Gasteiger charge is -2.19. The average Bonchev–Trinajstić information content (AvgIpc) is 2.66. The van der Waals surface area contributed by atoms with Crippen LogP contribution in [0.4, 0.5) is 0 Å². The molecule has 0 fully saturated rings. The molecular formula is C19H31N3O5S. The molecule has 0 aliphatic carbocycles. The van der Waals surface area contributed by atoms with E-state index in [-0.39, 0.29) is 5.56 Å². The molecule has 158 valence electrons. The number of thioether (sulfide) groups is 1. The number of aliphatic hydroxyl groups is 1. The molecule has 5 N–H and O–H groups in total. The van der Waals surface area contributed by atoms with E-state index in [4.69, 9.17) is 15.2 Å². The van der Waals surface area contributed by atoms with Crippen LogP contribution in [0.3, 0.4) is 0 Å². The molecule has 1 aromatic carbocycles. The number of hydrogen-bond donors (Lipinski definition) is 4. The topological polar surface area (TPSA) is 123 Å². The first kappa shape index (κ1) is 24.1. The van der Waals surface area contributed by atoms with Crippen molar-refractivity contribution in [2.45, 2.75) is 51.5 Å². The van der Waals surface area contributed by atoms with Gasteiger partial charge in [0, 0.05) is 11.6 Å². The molecule has 2 atom stereocenters. The Kier molecular flexibility index (Phi) is 10.7. The Morgan fingerprint density at radius 1 is 1.14 bits per heavy atom. The van der Waals surface area contributed by atoms with Crippen molar-refractivity contribution in [2.75, 3.05) is 19.0 Å². The van der Waals surface area contributed by atoms with Gasteiger partial charge in [-0.2, -0.15) is 11.8 Å². The van der Waals surface area contributed by atoms with Crippen LogP contribution in [0.5, 0.6) is 11.5 Å². The van der Waals surface area contributed by atoms with Crippen LogP contribution in [-0.2, 0) is 4.79 Å². The molecule has 0 saturated carbocycles. The lowest BCUT2D eigenvalue weighted by Crippen LogP contribution is -2.52. The van der Waals surface area contributed by atoms with Crippen molar-refractivity contribution in [3.63, 3.8) is 0 Å². The van der Waals surface area contributed by atoms with Gasteiger partial charge in [0.05, 0.1) is 13.2 Å². The molecular weight excluding hydrogens is 382 g/mol. The predicted octanol–water partition coefficient (Wildman–Crippen LogP) is 1.46. The Labute approximate surface area is 170 Å². The number of hydrazine groups is 1. The number of benzene rings is 1. The quantitative estimate of drug-likeness (QED) is 0.405. The molecule has 0 aliphatic rings. The number of nitrogens with two attached hydrogens (primary N) is 1. The molecule has 28 heavy (non-hydrogen) atoms. The second-order valence-electron chi connectivity index (χ2n) is 6.29. The Bertz CT molecular complexity index is 642. The predicted molar refractivity (Wildman–Crippen MR) is 111 cm³/mol. The summed E-state index contributed by atoms with van der Waals surface area (Å²) < 4.78 is 10.9. The second-order valence-corrected chi connectivity index (χ2v) is 7.97. The van der Waals surface area contributed by atoms with Gasteiger partial charge in [0.25, 0.3) is 11.8 Å². The third-order valence-electron chi connectivity index (χ3n) is 3.68. The van der Waals surface area contributed by atoms with Crippen molar-refractivity contribution in [1.29, 1.82) is 0 Å². The summed E-state index contributed by atoms with van der Waals surface area (Å²) >= 11 is 1.70. The summed E-state index contributed by atoms with van der Waals surface area (Å²) in [5.41, 5.74) is 10.6. The summed E-state index contributed by atoms with van der Waals surface area (Å²) in [5.74, 6) is 0.403. The van der Waals surface area contributed by atoms with E-state index in [1.54, 1.807) is 23.9 Å². The zero-order chi connectivity index (χ0) is 21.1. The number of amides is 2. The standard InChI is InChI=1S/C19H31N3O5S/c1-5-26-15-8-7-13(11-16(15)27-6-2)18(24)21-22-19(25)17(23)14(20)9-10-28-12(3)4/h7-8,11-12,14,17,23H,5-6,9-10,20H2,1-4H3,(H,21,24)(H,22,25)/t14-,17?/m1/s1. The summed E-state index contributed by atoms with van der Waals surface area (Å²) in [6.07, 6.45) is -0.922. The van der Waals surface area contributed by atoms with E-state index < -0.39 is 24.0 Å². The summed E-state index contributed by atoms with van der Waals surface area (Å²) in [5, 5.41) is 10.5. The third-order valence-corrected chi connectivity index (χ3v) is 4.82. The summed E-state index contributed by atoms with van der Waals surface area (Å²) in [6.45, 7) is 8.69. The van der Waals surface area contributed by atoms with Gasteiger partial charge in [0.2, 0.25) is 0 Å². The molecule has 9 heteroatoms. The Hall–Kier alpha value is -1.97. The fourth-order valence-corrected chi connectivity index (χ4v) is 3.13. The van der Waals surface area contributed by atoms with E-state index in [1.165, 1.54) is 6.07 Å². The number of nitrogens with one attached hydrogen (secondary N) is 2. The van der Waals surface area contributed by atoms with Gasteiger partial charge in [0.15, 0.2) is 11.5 Å². The van der Waals surface area contributed by atoms with Crippen molar-refractivity contribution in [1.82, 2.24) is 10.9 Å². The molecule has 0 bridgehead atoms. The number of aliphatic hydroxyl groups excluding tert-OH is 1. The molecule has 8 nitrogen and oxygen atoms in total. The highest BCUT2D eigenvalue weighted by Crippen LogP contribution is 2.28. The minimum atomic E-state index is -1.41. The van der Waals surface area contributed by atoms with Gasteiger partial charge < -0.3 is 20.3 Å². The van der Waals surface area contributed by atoms with E-state index in [0.29, 0.717) is 36.4 Å². The SMILES string of the molecule is CCOc1ccc(C(=O)NNC(=O)C(O)[C@H](N)CCSC(C)C)cc1OCC. The number of rotatable bonds is 11. The number of carbonyl (C=O) groups excluding carboxylic acids is 2. The van der Waals surface area contributed by atoms with Gasteiger partial charge in [-0.25, -0.2) is 0 Å². The minimum absolute atomic E-state index is 0.277. The van der Waals surface area contributed by atoms with E-state index in [9.17, 15) is 14.7 Å². The van der Waals surface area contributed by atoms with Crippen molar-refractivity contribution < 1.29 is 24.2 Å². The monoisotopic (exact) mass is 413 g/mol. The molecule has 2 amide bonds. The van der Waals surface area contributed by atoms with Crippen LogP contribution in [-0.4, -0.2) is 53.3 Å². The molecule has 0 heterocycles. The number of carbonyl (C=O) groups is 2. The van der Waals surface area contributed by atoms with Crippen molar-refractivity contribution in [2.24, 2.45) is 5.73 Å². The highest BCUT2D eigenvalue weighted by atomic mass is 32.2. The lowest BCUT2D eigenvalue weighted by atomic mass is 10.1. The molecule has 0 radical (unpaired) electrons. The van der Waals surface area contributed by atoms with Gasteiger partial charge in [-0.05, 0) is 49.5 Å². The van der Waals surface area contributed by atoms with Crippen LogP contribution >= 0.6 is 11.8 Å². The first-order chi connectivity index (χ1) is 13.3. The number of hydrogen-bond acceptors (Lipinski definition) is 7. The van der Waals surface area contributed by atoms with Gasteiger partial charge in [-0.3, -0.25) is 20.4 Å². The second kappa shape index (κ2) is 12.5. The number of ether oxygens (including phenoxy) is 2. The zero-order valence-electron chi connectivity index (χ0n) is 16.9. The minimum Gasteiger partial charge on any atom is -0.490 e. The fraction of sp³-hybridized carbons (Fsp3) is 0.579. The van der Waals surface area contributed by atoms with Crippen LogP contribution in [0.15, 0.2) is 18.2 Å². The maximum atomic E-state index is 12.3. The van der Waals surface area contributed by atoms with Crippen LogP contribution < -0.4 is 26.1 Å². The molecule has 1 unspecified atom stereocenters. The van der Waals surface area contributed by atoms with Crippen LogP contribution in [0.2, 0.25) is 0 Å². The maximum Gasteiger partial charge on any atom is 0.269 e. The third kappa shape index (κ3) is 7.95. The molecule has 1 aromatic rings. The highest BCUT2D eigenvalue weighted by molar-refractivity contribution is 7.99. The van der Waals surface area contributed by atoms with E-state index >= 15 is 0 Å². The Balaban J connectivity index is 2.60. The van der Waals surface area contributed by atoms with Gasteiger partial charge in [0.1, 0.15) is 6.10 Å². The highest BCUT2D eigenvalue weighted by Gasteiger charge is 2.23. The zero-order valence-corrected chi connectivity index (χ0v) is 17.7. The normalized spacial score (nSPS) is 13.0. The summed E-state index contributed by atoms with van der Waals surface area (Å²) in [6, 6.07) is 4.00. The molecule has 0 aromatic heterocycles.